The van der Waals surface area contributed by atoms with Crippen LogP contribution in [0.5, 0.6) is 0 Å². The summed E-state index contributed by atoms with van der Waals surface area (Å²) in [4.78, 5) is 14.0. The zero-order valence-electron chi connectivity index (χ0n) is 9.02. The zero-order valence-corrected chi connectivity index (χ0v) is 9.02. The number of benzene rings is 1. The zero-order chi connectivity index (χ0) is 11.4. The Morgan fingerprint density at radius 1 is 1.44 bits per heavy atom. The van der Waals surface area contributed by atoms with Gasteiger partial charge in [-0.2, -0.15) is 0 Å². The van der Waals surface area contributed by atoms with Gasteiger partial charge in [-0.3, -0.25) is 4.79 Å². The van der Waals surface area contributed by atoms with Gasteiger partial charge in [0.2, 0.25) is 0 Å². The van der Waals surface area contributed by atoms with Crippen molar-refractivity contribution in [3.8, 4) is 12.5 Å². The molecular weight excluding hydrogens is 200 g/mol. The van der Waals surface area contributed by atoms with Crippen molar-refractivity contribution in [2.75, 3.05) is 19.6 Å². The summed E-state index contributed by atoms with van der Waals surface area (Å²) >= 11 is 0. The molecule has 1 aliphatic rings. The number of Topliss-reactive ketones (excluding diaryl/α,β-unsaturated/α-hetero) is 1. The number of rotatable bonds is 2. The molecule has 1 heterocycles. The minimum atomic E-state index is -0.235. The van der Waals surface area contributed by atoms with Crippen molar-refractivity contribution in [2.24, 2.45) is 0 Å². The van der Waals surface area contributed by atoms with Gasteiger partial charge in [0.1, 0.15) is 6.04 Å². The van der Waals surface area contributed by atoms with Gasteiger partial charge in [0, 0.05) is 31.2 Å². The van der Waals surface area contributed by atoms with E-state index in [1.165, 1.54) is 0 Å². The fourth-order valence-electron chi connectivity index (χ4n) is 1.89. The average Bonchev–Trinajstić information content (AvgIpc) is 2.39. The Hall–Kier alpha value is -1.79. The van der Waals surface area contributed by atoms with Crippen LogP contribution in [0, 0.1) is 12.5 Å². The second kappa shape index (κ2) is 4.82. The van der Waals surface area contributed by atoms with Gasteiger partial charge >= 0.3 is 0 Å². The monoisotopic (exact) mass is 214 g/mol. The van der Waals surface area contributed by atoms with E-state index in [0.29, 0.717) is 6.54 Å². The van der Waals surface area contributed by atoms with Crippen molar-refractivity contribution < 1.29 is 4.79 Å². The number of ketones is 1. The third-order valence-electron chi connectivity index (χ3n) is 2.77. The molecule has 1 fully saturated rings. The molecule has 1 atom stereocenters. The maximum Gasteiger partial charge on any atom is 0.187 e. The molecule has 1 unspecified atom stereocenters. The first-order valence-corrected chi connectivity index (χ1v) is 5.36. The van der Waals surface area contributed by atoms with Crippen LogP contribution in [-0.4, -0.2) is 36.4 Å². The lowest BCUT2D eigenvalue weighted by Crippen LogP contribution is -2.52. The maximum atomic E-state index is 12.2. The van der Waals surface area contributed by atoms with E-state index in [4.69, 9.17) is 6.42 Å². The number of carbonyl (C=O) groups is 1. The molecule has 1 aromatic carbocycles. The number of piperazine rings is 1. The summed E-state index contributed by atoms with van der Waals surface area (Å²) in [5, 5.41) is 3.19. The van der Waals surface area contributed by atoms with Gasteiger partial charge in [-0.05, 0) is 0 Å². The van der Waals surface area contributed by atoms with Crippen molar-refractivity contribution in [2.45, 2.75) is 6.04 Å². The average molecular weight is 214 g/mol. The minimum absolute atomic E-state index is 0.0887. The van der Waals surface area contributed by atoms with Gasteiger partial charge in [-0.25, -0.2) is 0 Å². The van der Waals surface area contributed by atoms with E-state index >= 15 is 0 Å². The highest BCUT2D eigenvalue weighted by Gasteiger charge is 2.27. The maximum absolute atomic E-state index is 12.2. The largest absolute Gasteiger partial charge is 0.319 e. The van der Waals surface area contributed by atoms with Crippen LogP contribution in [0.25, 0.3) is 0 Å². The number of hydrogen-bond donors (Lipinski definition) is 1. The summed E-state index contributed by atoms with van der Waals surface area (Å²) in [6, 6.07) is 11.6. The Kier molecular flexibility index (Phi) is 3.23. The molecule has 2 rings (SSSR count). The molecule has 16 heavy (non-hydrogen) atoms. The number of hydrogen-bond acceptors (Lipinski definition) is 3. The first-order chi connectivity index (χ1) is 7.83. The van der Waals surface area contributed by atoms with Crippen LogP contribution in [0.4, 0.5) is 0 Å². The molecule has 0 radical (unpaired) electrons. The van der Waals surface area contributed by atoms with Gasteiger partial charge in [-0.1, -0.05) is 36.8 Å². The molecule has 82 valence electrons. The molecule has 1 aliphatic heterocycles. The summed E-state index contributed by atoms with van der Waals surface area (Å²) in [6.45, 7) is 2.18. The lowest BCUT2D eigenvalue weighted by atomic mass is 10.0. The predicted molar refractivity (Wildman–Crippen MR) is 63.0 cm³/mol. The van der Waals surface area contributed by atoms with Crippen LogP contribution < -0.4 is 5.32 Å². The Morgan fingerprint density at radius 3 is 2.88 bits per heavy atom. The third kappa shape index (κ3) is 2.07. The quantitative estimate of drug-likeness (QED) is 0.582. The van der Waals surface area contributed by atoms with Crippen LogP contribution in [0.1, 0.15) is 10.4 Å². The highest BCUT2D eigenvalue weighted by molar-refractivity contribution is 6.00. The first-order valence-electron chi connectivity index (χ1n) is 5.36. The Bertz CT molecular complexity index is 408. The molecule has 0 bridgehead atoms. The van der Waals surface area contributed by atoms with E-state index < -0.39 is 0 Å². The van der Waals surface area contributed by atoms with E-state index in [-0.39, 0.29) is 11.8 Å². The van der Waals surface area contributed by atoms with Crippen LogP contribution in [0.15, 0.2) is 30.3 Å². The molecule has 1 saturated heterocycles. The Balaban J connectivity index is 2.18. The number of nitrogens with zero attached hydrogens (tertiary/aromatic N) is 1. The topological polar surface area (TPSA) is 32.3 Å². The fraction of sp³-hybridized carbons (Fsp3) is 0.308. The highest BCUT2D eigenvalue weighted by atomic mass is 16.1. The fourth-order valence-corrected chi connectivity index (χ4v) is 1.89. The normalized spacial score (nSPS) is 20.2. The standard InChI is InChI=1S/C13H14N2O/c1-2-15-9-8-14-10-12(15)13(16)11-6-4-3-5-7-11/h1,3-7,12,14H,8-10H2. The number of nitrogens with one attached hydrogen (secondary N) is 1. The molecule has 0 spiro atoms. The number of terminal acetylenes is 1. The van der Waals surface area contributed by atoms with Crippen molar-refractivity contribution >= 4 is 5.78 Å². The Labute approximate surface area is 95.5 Å². The lowest BCUT2D eigenvalue weighted by Gasteiger charge is -2.32. The summed E-state index contributed by atoms with van der Waals surface area (Å²) in [6.07, 6.45) is 5.41. The van der Waals surface area contributed by atoms with E-state index in [1.54, 1.807) is 4.90 Å². The Morgan fingerprint density at radius 2 is 2.19 bits per heavy atom. The van der Waals surface area contributed by atoms with Gasteiger partial charge in [0.25, 0.3) is 0 Å². The van der Waals surface area contributed by atoms with Crippen molar-refractivity contribution in [1.82, 2.24) is 10.2 Å². The van der Waals surface area contributed by atoms with Crippen LogP contribution >= 0.6 is 0 Å². The van der Waals surface area contributed by atoms with Crippen molar-refractivity contribution in [3.63, 3.8) is 0 Å². The SMILES string of the molecule is C#CN1CCNCC1C(=O)c1ccccc1. The molecular formula is C13H14N2O. The predicted octanol–water partition coefficient (Wildman–Crippen LogP) is 0.734. The summed E-state index contributed by atoms with van der Waals surface area (Å²) in [7, 11) is 0. The van der Waals surface area contributed by atoms with E-state index in [9.17, 15) is 4.79 Å². The summed E-state index contributed by atoms with van der Waals surface area (Å²) in [5.41, 5.74) is 0.719. The molecule has 0 amide bonds. The molecule has 3 heteroatoms. The van der Waals surface area contributed by atoms with Crippen LogP contribution in [0.2, 0.25) is 0 Å². The summed E-state index contributed by atoms with van der Waals surface area (Å²) < 4.78 is 0. The van der Waals surface area contributed by atoms with E-state index in [2.05, 4.69) is 11.4 Å². The van der Waals surface area contributed by atoms with Gasteiger partial charge < -0.3 is 10.2 Å². The number of carbonyl (C=O) groups excluding carboxylic acids is 1. The molecule has 1 N–H and O–H groups in total. The second-order valence-corrected chi connectivity index (χ2v) is 3.77. The van der Waals surface area contributed by atoms with Crippen molar-refractivity contribution in [1.29, 1.82) is 0 Å². The van der Waals surface area contributed by atoms with Crippen LogP contribution in [-0.2, 0) is 0 Å². The van der Waals surface area contributed by atoms with E-state index in [1.807, 2.05) is 30.3 Å². The highest BCUT2D eigenvalue weighted by Crippen LogP contribution is 2.10. The van der Waals surface area contributed by atoms with E-state index in [0.717, 1.165) is 18.7 Å². The van der Waals surface area contributed by atoms with Gasteiger partial charge in [-0.15, -0.1) is 0 Å². The van der Waals surface area contributed by atoms with Crippen LogP contribution in [0.3, 0.4) is 0 Å². The molecule has 0 aliphatic carbocycles. The molecule has 0 aromatic heterocycles. The first kappa shape index (κ1) is 10.7. The van der Waals surface area contributed by atoms with Crippen molar-refractivity contribution in [3.05, 3.63) is 35.9 Å². The minimum Gasteiger partial charge on any atom is -0.319 e. The third-order valence-corrected chi connectivity index (χ3v) is 2.77. The molecule has 0 saturated carbocycles. The molecule has 1 aromatic rings. The van der Waals surface area contributed by atoms with Gasteiger partial charge in [0.15, 0.2) is 5.78 Å². The smallest absolute Gasteiger partial charge is 0.187 e. The second-order valence-electron chi connectivity index (χ2n) is 3.77. The summed E-state index contributed by atoms with van der Waals surface area (Å²) in [5.74, 6) is 0.0887. The lowest BCUT2D eigenvalue weighted by molar-refractivity contribution is 0.0856. The van der Waals surface area contributed by atoms with Gasteiger partial charge in [0.05, 0.1) is 0 Å². The molecule has 3 nitrogen and oxygen atoms in total.